The third kappa shape index (κ3) is 3.52. The summed E-state index contributed by atoms with van der Waals surface area (Å²) in [5.74, 6) is 0.727. The van der Waals surface area contributed by atoms with Gasteiger partial charge in [0.05, 0.1) is 5.60 Å². The number of anilines is 2. The molecule has 1 saturated carbocycles. The van der Waals surface area contributed by atoms with Gasteiger partial charge in [-0.15, -0.1) is 0 Å². The molecule has 20 heavy (non-hydrogen) atoms. The molecule has 0 saturated heterocycles. The monoisotopic (exact) mass is 298 g/mol. The number of rotatable bonds is 4. The molecular formula is C14H23ClN4O. The molecule has 1 heterocycles. The number of halogens is 1. The van der Waals surface area contributed by atoms with Crippen molar-refractivity contribution < 1.29 is 5.11 Å². The zero-order valence-corrected chi connectivity index (χ0v) is 12.9. The summed E-state index contributed by atoms with van der Waals surface area (Å²) < 4.78 is 0. The van der Waals surface area contributed by atoms with E-state index in [-0.39, 0.29) is 0 Å². The highest BCUT2D eigenvalue weighted by Gasteiger charge is 2.30. The maximum absolute atomic E-state index is 10.8. The topological polar surface area (TPSA) is 61.3 Å². The number of hydrogen-bond donors (Lipinski definition) is 2. The van der Waals surface area contributed by atoms with Gasteiger partial charge in [-0.25, -0.2) is 9.97 Å². The Balaban J connectivity index is 2.15. The summed E-state index contributed by atoms with van der Waals surface area (Å²) in [6.07, 6.45) is 7.77. The Morgan fingerprint density at radius 1 is 1.30 bits per heavy atom. The molecule has 112 valence electrons. The predicted octanol–water partition coefficient (Wildman–Crippen LogP) is 2.69. The average molecular weight is 299 g/mol. The summed E-state index contributed by atoms with van der Waals surface area (Å²) in [5.41, 5.74) is 0.0714. The highest BCUT2D eigenvalue weighted by atomic mass is 35.5. The van der Waals surface area contributed by atoms with E-state index >= 15 is 0 Å². The molecule has 0 aromatic carbocycles. The van der Waals surface area contributed by atoms with Gasteiger partial charge < -0.3 is 15.3 Å². The van der Waals surface area contributed by atoms with E-state index in [2.05, 4.69) is 15.3 Å². The van der Waals surface area contributed by atoms with Crippen molar-refractivity contribution in [3.05, 3.63) is 11.5 Å². The average Bonchev–Trinajstić information content (AvgIpc) is 2.63. The van der Waals surface area contributed by atoms with Crippen molar-refractivity contribution in [2.75, 3.05) is 30.9 Å². The van der Waals surface area contributed by atoms with Crippen molar-refractivity contribution in [1.29, 1.82) is 0 Å². The normalized spacial score (nSPS) is 18.4. The molecule has 1 aliphatic carbocycles. The summed E-state index contributed by atoms with van der Waals surface area (Å²) in [7, 11) is 3.73. The summed E-state index contributed by atoms with van der Waals surface area (Å²) in [4.78, 5) is 10.2. The molecule has 0 aliphatic heterocycles. The SMILES string of the molecule is CNc1c(Cl)ncnc1N(C)CC1(O)CCCCCC1. The zero-order chi connectivity index (χ0) is 14.6. The van der Waals surface area contributed by atoms with Crippen LogP contribution in [0, 0.1) is 0 Å². The third-order valence-electron chi connectivity index (χ3n) is 3.96. The van der Waals surface area contributed by atoms with Gasteiger partial charge in [-0.05, 0) is 12.8 Å². The lowest BCUT2D eigenvalue weighted by molar-refractivity contribution is 0.0328. The second-order valence-electron chi connectivity index (χ2n) is 5.61. The summed E-state index contributed by atoms with van der Waals surface area (Å²) >= 11 is 6.07. The number of nitrogens with one attached hydrogen (secondary N) is 1. The maximum Gasteiger partial charge on any atom is 0.157 e. The van der Waals surface area contributed by atoms with Crippen molar-refractivity contribution in [3.8, 4) is 0 Å². The molecular weight excluding hydrogens is 276 g/mol. The van der Waals surface area contributed by atoms with E-state index < -0.39 is 5.60 Å². The first-order valence-electron chi connectivity index (χ1n) is 7.17. The van der Waals surface area contributed by atoms with Gasteiger partial charge in [0.2, 0.25) is 0 Å². The van der Waals surface area contributed by atoms with Crippen LogP contribution in [0.2, 0.25) is 5.15 Å². The molecule has 6 heteroatoms. The summed E-state index contributed by atoms with van der Waals surface area (Å²) in [5, 5.41) is 14.2. The van der Waals surface area contributed by atoms with E-state index in [1.54, 1.807) is 7.05 Å². The Bertz CT molecular complexity index is 447. The van der Waals surface area contributed by atoms with Gasteiger partial charge in [0.25, 0.3) is 0 Å². The van der Waals surface area contributed by atoms with Gasteiger partial charge in [0.15, 0.2) is 11.0 Å². The smallest absolute Gasteiger partial charge is 0.157 e. The molecule has 5 nitrogen and oxygen atoms in total. The first-order chi connectivity index (χ1) is 9.56. The van der Waals surface area contributed by atoms with Crippen molar-refractivity contribution >= 4 is 23.1 Å². The molecule has 1 aromatic rings. The molecule has 1 fully saturated rings. The van der Waals surface area contributed by atoms with Crippen LogP contribution in [0.15, 0.2) is 6.33 Å². The minimum absolute atomic E-state index is 0.400. The maximum atomic E-state index is 10.8. The lowest BCUT2D eigenvalue weighted by Gasteiger charge is -2.33. The fourth-order valence-corrected chi connectivity index (χ4v) is 3.14. The fraction of sp³-hybridized carbons (Fsp3) is 0.714. The second-order valence-corrected chi connectivity index (χ2v) is 5.97. The van der Waals surface area contributed by atoms with E-state index in [4.69, 9.17) is 11.6 Å². The molecule has 1 aromatic heterocycles. The Labute approximate surface area is 125 Å². The summed E-state index contributed by atoms with van der Waals surface area (Å²) in [6, 6.07) is 0. The molecule has 0 amide bonds. The van der Waals surface area contributed by atoms with E-state index in [0.717, 1.165) is 31.5 Å². The molecule has 0 unspecified atom stereocenters. The highest BCUT2D eigenvalue weighted by Crippen LogP contribution is 2.32. The lowest BCUT2D eigenvalue weighted by atomic mass is 9.94. The Morgan fingerprint density at radius 3 is 2.55 bits per heavy atom. The van der Waals surface area contributed by atoms with Crippen LogP contribution in [0.1, 0.15) is 38.5 Å². The van der Waals surface area contributed by atoms with Crippen LogP contribution in [0.5, 0.6) is 0 Å². The molecule has 0 radical (unpaired) electrons. The number of likely N-dealkylation sites (N-methyl/N-ethyl adjacent to an activating group) is 1. The standard InChI is InChI=1S/C14H23ClN4O/c1-16-11-12(15)17-10-18-13(11)19(2)9-14(20)7-5-3-4-6-8-14/h10,16,20H,3-9H2,1-2H3. The first-order valence-corrected chi connectivity index (χ1v) is 7.55. The van der Waals surface area contributed by atoms with Crippen LogP contribution < -0.4 is 10.2 Å². The van der Waals surface area contributed by atoms with Crippen LogP contribution in [-0.4, -0.2) is 41.3 Å². The predicted molar refractivity (Wildman–Crippen MR) is 82.5 cm³/mol. The number of hydrogen-bond acceptors (Lipinski definition) is 5. The fourth-order valence-electron chi connectivity index (χ4n) is 2.92. The largest absolute Gasteiger partial charge is 0.388 e. The third-order valence-corrected chi connectivity index (χ3v) is 4.24. The zero-order valence-electron chi connectivity index (χ0n) is 12.2. The minimum atomic E-state index is -0.631. The van der Waals surface area contributed by atoms with Gasteiger partial charge in [0.1, 0.15) is 12.0 Å². The van der Waals surface area contributed by atoms with Crippen LogP contribution in [0.3, 0.4) is 0 Å². The number of nitrogens with zero attached hydrogens (tertiary/aromatic N) is 3. The Kier molecular flexibility index (Phi) is 5.05. The van der Waals surface area contributed by atoms with E-state index in [1.165, 1.54) is 19.2 Å². The van der Waals surface area contributed by atoms with Crippen LogP contribution in [-0.2, 0) is 0 Å². The lowest BCUT2D eigenvalue weighted by Crippen LogP contribution is -2.41. The van der Waals surface area contributed by atoms with E-state index in [9.17, 15) is 5.11 Å². The van der Waals surface area contributed by atoms with Gasteiger partial charge >= 0.3 is 0 Å². The van der Waals surface area contributed by atoms with Crippen molar-refractivity contribution in [1.82, 2.24) is 9.97 Å². The van der Waals surface area contributed by atoms with Gasteiger partial charge in [-0.2, -0.15) is 0 Å². The van der Waals surface area contributed by atoms with E-state index in [1.807, 2.05) is 11.9 Å². The van der Waals surface area contributed by atoms with Crippen molar-refractivity contribution in [2.24, 2.45) is 0 Å². The quantitative estimate of drug-likeness (QED) is 0.661. The van der Waals surface area contributed by atoms with Gasteiger partial charge in [-0.1, -0.05) is 37.3 Å². The molecule has 2 N–H and O–H groups in total. The molecule has 0 spiro atoms. The molecule has 0 atom stereocenters. The Hall–Kier alpha value is -1.07. The van der Waals surface area contributed by atoms with Gasteiger partial charge in [-0.3, -0.25) is 0 Å². The van der Waals surface area contributed by atoms with E-state index in [0.29, 0.717) is 17.4 Å². The second kappa shape index (κ2) is 6.59. The van der Waals surface area contributed by atoms with Crippen molar-refractivity contribution in [3.63, 3.8) is 0 Å². The molecule has 1 aliphatic rings. The highest BCUT2D eigenvalue weighted by molar-refractivity contribution is 6.32. The molecule has 2 rings (SSSR count). The van der Waals surface area contributed by atoms with Crippen molar-refractivity contribution in [2.45, 2.75) is 44.1 Å². The molecule has 0 bridgehead atoms. The Morgan fingerprint density at radius 2 is 1.95 bits per heavy atom. The van der Waals surface area contributed by atoms with Gasteiger partial charge in [0, 0.05) is 20.6 Å². The van der Waals surface area contributed by atoms with Crippen LogP contribution in [0.4, 0.5) is 11.5 Å². The minimum Gasteiger partial charge on any atom is -0.388 e. The number of aliphatic hydroxyl groups is 1. The summed E-state index contributed by atoms with van der Waals surface area (Å²) in [6.45, 7) is 0.565. The first kappa shape index (κ1) is 15.3. The van der Waals surface area contributed by atoms with Crippen LogP contribution >= 0.6 is 11.6 Å². The number of aromatic nitrogens is 2. The van der Waals surface area contributed by atoms with Crippen LogP contribution in [0.25, 0.3) is 0 Å².